The van der Waals surface area contributed by atoms with Crippen molar-refractivity contribution in [2.24, 2.45) is 0 Å². The van der Waals surface area contributed by atoms with E-state index in [1.807, 2.05) is 0 Å². The Hall–Kier alpha value is -6.18. The molecular weight excluding hydrogens is 605 g/mol. The summed E-state index contributed by atoms with van der Waals surface area (Å²) >= 11 is 0. The first kappa shape index (κ1) is 27.7. The molecule has 0 saturated heterocycles. The van der Waals surface area contributed by atoms with Gasteiger partial charge in [0, 0.05) is 21.8 Å². The summed E-state index contributed by atoms with van der Waals surface area (Å²) in [7, 11) is 0. The lowest BCUT2D eigenvalue weighted by atomic mass is 9.78. The SMILES string of the molecule is CC1(C)c2ccccc2-c2cccc(-c3ccc4ccc5c(-c6cccc7oc8c(-c9ccccc9)cccc8c67)ccc6ccc3c4c65)c21. The fourth-order valence-electron chi connectivity index (χ4n) is 9.26. The number of furan rings is 1. The van der Waals surface area contributed by atoms with Crippen molar-refractivity contribution in [3.05, 3.63) is 169 Å². The van der Waals surface area contributed by atoms with Crippen LogP contribution in [-0.2, 0) is 5.41 Å². The number of benzene rings is 9. The van der Waals surface area contributed by atoms with Crippen LogP contribution < -0.4 is 0 Å². The smallest absolute Gasteiger partial charge is 0.143 e. The first-order valence-electron chi connectivity index (χ1n) is 17.5. The Morgan fingerprint density at radius 3 is 1.70 bits per heavy atom. The third-order valence-electron chi connectivity index (χ3n) is 11.4. The van der Waals surface area contributed by atoms with Crippen molar-refractivity contribution in [3.8, 4) is 44.5 Å². The minimum Gasteiger partial charge on any atom is -0.455 e. The highest BCUT2D eigenvalue weighted by atomic mass is 16.3. The van der Waals surface area contributed by atoms with Gasteiger partial charge in [0.05, 0.1) is 0 Å². The monoisotopic (exact) mass is 636 g/mol. The molecule has 234 valence electrons. The normalized spacial score (nSPS) is 13.6. The zero-order chi connectivity index (χ0) is 33.1. The van der Waals surface area contributed by atoms with Crippen molar-refractivity contribution in [3.63, 3.8) is 0 Å². The summed E-state index contributed by atoms with van der Waals surface area (Å²) in [5.41, 5.74) is 14.6. The van der Waals surface area contributed by atoms with E-state index >= 15 is 0 Å². The summed E-state index contributed by atoms with van der Waals surface area (Å²) < 4.78 is 6.67. The highest BCUT2D eigenvalue weighted by Gasteiger charge is 2.37. The van der Waals surface area contributed by atoms with Gasteiger partial charge in [-0.2, -0.15) is 0 Å². The predicted molar refractivity (Wildman–Crippen MR) is 211 cm³/mol. The van der Waals surface area contributed by atoms with Crippen LogP contribution in [0.5, 0.6) is 0 Å². The first-order valence-corrected chi connectivity index (χ1v) is 17.5. The molecule has 0 aliphatic heterocycles. The third kappa shape index (κ3) is 3.62. The summed E-state index contributed by atoms with van der Waals surface area (Å²) in [6.45, 7) is 4.76. The van der Waals surface area contributed by atoms with E-state index in [0.29, 0.717) is 0 Å². The first-order chi connectivity index (χ1) is 24.6. The largest absolute Gasteiger partial charge is 0.455 e. The van der Waals surface area contributed by atoms with E-state index in [-0.39, 0.29) is 5.41 Å². The Labute approximate surface area is 290 Å². The maximum Gasteiger partial charge on any atom is 0.143 e. The molecule has 0 bridgehead atoms. The van der Waals surface area contributed by atoms with E-state index in [9.17, 15) is 0 Å². The van der Waals surface area contributed by atoms with Crippen LogP contribution in [0.1, 0.15) is 25.0 Å². The van der Waals surface area contributed by atoms with Crippen LogP contribution in [0.25, 0.3) is 98.8 Å². The second-order valence-electron chi connectivity index (χ2n) is 14.4. The van der Waals surface area contributed by atoms with Crippen molar-refractivity contribution in [2.75, 3.05) is 0 Å². The minimum atomic E-state index is -0.0912. The summed E-state index contributed by atoms with van der Waals surface area (Å²) in [6, 6.07) is 58.0. The highest BCUT2D eigenvalue weighted by Crippen LogP contribution is 2.53. The van der Waals surface area contributed by atoms with Gasteiger partial charge in [-0.1, -0.05) is 166 Å². The Morgan fingerprint density at radius 2 is 0.940 bits per heavy atom. The molecule has 11 rings (SSSR count). The molecule has 0 atom stereocenters. The fraction of sp³-hybridized carbons (Fsp3) is 0.0612. The maximum atomic E-state index is 6.67. The Kier molecular flexibility index (Phi) is 5.51. The fourth-order valence-corrected chi connectivity index (χ4v) is 9.26. The molecule has 10 aromatic rings. The van der Waals surface area contributed by atoms with Crippen LogP contribution in [0, 0.1) is 0 Å². The predicted octanol–water partition coefficient (Wildman–Crippen LogP) is 13.8. The molecule has 1 aromatic heterocycles. The molecular formula is C49H32O. The summed E-state index contributed by atoms with van der Waals surface area (Å²) in [5, 5.41) is 10.1. The number of rotatable bonds is 3. The van der Waals surface area contributed by atoms with Gasteiger partial charge in [-0.15, -0.1) is 0 Å². The minimum absolute atomic E-state index is 0.0912. The van der Waals surface area contributed by atoms with Crippen LogP contribution >= 0.6 is 0 Å². The topological polar surface area (TPSA) is 13.1 Å². The van der Waals surface area contributed by atoms with Gasteiger partial charge in [0.25, 0.3) is 0 Å². The maximum absolute atomic E-state index is 6.67. The molecule has 1 nitrogen and oxygen atoms in total. The van der Waals surface area contributed by atoms with Gasteiger partial charge in [-0.3, -0.25) is 0 Å². The third-order valence-corrected chi connectivity index (χ3v) is 11.4. The van der Waals surface area contributed by atoms with E-state index < -0.39 is 0 Å². The average Bonchev–Trinajstić information content (AvgIpc) is 3.67. The van der Waals surface area contributed by atoms with Crippen molar-refractivity contribution in [1.29, 1.82) is 0 Å². The lowest BCUT2D eigenvalue weighted by Crippen LogP contribution is -2.16. The number of para-hydroxylation sites is 1. The van der Waals surface area contributed by atoms with Crippen molar-refractivity contribution in [2.45, 2.75) is 19.3 Å². The van der Waals surface area contributed by atoms with Gasteiger partial charge in [0.1, 0.15) is 11.2 Å². The van der Waals surface area contributed by atoms with E-state index in [4.69, 9.17) is 4.42 Å². The van der Waals surface area contributed by atoms with Crippen LogP contribution in [0.4, 0.5) is 0 Å². The zero-order valence-corrected chi connectivity index (χ0v) is 27.9. The van der Waals surface area contributed by atoms with Crippen molar-refractivity contribution < 1.29 is 4.42 Å². The van der Waals surface area contributed by atoms with Crippen LogP contribution in [0.3, 0.4) is 0 Å². The molecule has 50 heavy (non-hydrogen) atoms. The van der Waals surface area contributed by atoms with E-state index in [1.165, 1.54) is 76.8 Å². The van der Waals surface area contributed by atoms with Gasteiger partial charge >= 0.3 is 0 Å². The molecule has 0 radical (unpaired) electrons. The van der Waals surface area contributed by atoms with Crippen LogP contribution in [0.2, 0.25) is 0 Å². The summed E-state index contributed by atoms with van der Waals surface area (Å²) in [6.07, 6.45) is 0. The van der Waals surface area contributed by atoms with Gasteiger partial charge in [-0.05, 0) is 88.5 Å². The zero-order valence-electron chi connectivity index (χ0n) is 27.9. The molecule has 9 aromatic carbocycles. The second kappa shape index (κ2) is 9.94. The lowest BCUT2D eigenvalue weighted by Gasteiger charge is -2.25. The second-order valence-corrected chi connectivity index (χ2v) is 14.4. The summed E-state index contributed by atoms with van der Waals surface area (Å²) in [4.78, 5) is 0. The Morgan fingerprint density at radius 1 is 0.380 bits per heavy atom. The van der Waals surface area contributed by atoms with E-state index in [1.54, 1.807) is 0 Å². The molecule has 1 aliphatic carbocycles. The van der Waals surface area contributed by atoms with Crippen LogP contribution in [-0.4, -0.2) is 0 Å². The quantitative estimate of drug-likeness (QED) is 0.176. The molecule has 0 amide bonds. The molecule has 0 spiro atoms. The highest BCUT2D eigenvalue weighted by molar-refractivity contribution is 6.29. The number of hydrogen-bond acceptors (Lipinski definition) is 1. The van der Waals surface area contributed by atoms with Gasteiger partial charge in [0.2, 0.25) is 0 Å². The average molecular weight is 637 g/mol. The van der Waals surface area contributed by atoms with Gasteiger partial charge in [0.15, 0.2) is 0 Å². The number of hydrogen-bond donors (Lipinski definition) is 0. The van der Waals surface area contributed by atoms with E-state index in [2.05, 4.69) is 172 Å². The molecule has 1 heteroatoms. The molecule has 1 aliphatic rings. The Balaban J connectivity index is 1.17. The molecule has 0 N–H and O–H groups in total. The van der Waals surface area contributed by atoms with Crippen molar-refractivity contribution >= 4 is 54.3 Å². The molecule has 0 unspecified atom stereocenters. The molecule has 1 heterocycles. The van der Waals surface area contributed by atoms with E-state index in [0.717, 1.165) is 33.1 Å². The van der Waals surface area contributed by atoms with Gasteiger partial charge < -0.3 is 4.42 Å². The summed E-state index contributed by atoms with van der Waals surface area (Å²) in [5.74, 6) is 0. The van der Waals surface area contributed by atoms with Crippen molar-refractivity contribution in [1.82, 2.24) is 0 Å². The molecule has 0 fully saturated rings. The van der Waals surface area contributed by atoms with Gasteiger partial charge in [-0.25, -0.2) is 0 Å². The van der Waals surface area contributed by atoms with Crippen LogP contribution in [0.15, 0.2) is 162 Å². The lowest BCUT2D eigenvalue weighted by molar-refractivity contribution is 0.662. The molecule has 0 saturated carbocycles. The number of fused-ring (bicyclic) bond motifs is 6. The Bertz CT molecular complexity index is 2990. The standard InChI is InChI=1S/C49H32O/c1-49(2)42-19-7-6-13-35(42)40-17-9-16-39(47(40)49)34-26-22-31-23-27-37-33(25-21-30-24-28-38(34)45(31)44(30)37)36-15-10-20-43-46(36)41-18-8-14-32(48(41)50-43)29-11-4-3-5-12-29/h3-28H,1-2H3.